The van der Waals surface area contributed by atoms with Crippen LogP contribution >= 0.6 is 0 Å². The van der Waals surface area contributed by atoms with Crippen molar-refractivity contribution in [1.29, 1.82) is 0 Å². The molecule has 0 fully saturated rings. The minimum atomic E-state index is -1.40. The zero-order valence-electron chi connectivity index (χ0n) is 18.1. The van der Waals surface area contributed by atoms with Gasteiger partial charge in [0.15, 0.2) is 17.0 Å². The third-order valence-electron chi connectivity index (χ3n) is 4.80. The predicted molar refractivity (Wildman–Crippen MR) is 118 cm³/mol. The number of esters is 1. The number of benzene rings is 2. The Morgan fingerprint density at radius 3 is 2.40 bits per heavy atom. The van der Waals surface area contributed by atoms with Crippen LogP contribution in [0.25, 0.3) is 21.9 Å². The van der Waals surface area contributed by atoms with E-state index < -0.39 is 40.5 Å². The van der Waals surface area contributed by atoms with Crippen LogP contribution in [0.3, 0.4) is 0 Å². The maximum absolute atomic E-state index is 14.0. The van der Waals surface area contributed by atoms with Crippen molar-refractivity contribution in [3.05, 3.63) is 80.8 Å². The highest BCUT2D eigenvalue weighted by Gasteiger charge is 2.19. The van der Waals surface area contributed by atoms with Crippen LogP contribution in [0.2, 0.25) is 0 Å². The number of halogens is 1. The lowest BCUT2D eigenvalue weighted by molar-refractivity contribution is -0.149. The number of hydrogen-bond donors (Lipinski definition) is 1. The van der Waals surface area contributed by atoms with Crippen molar-refractivity contribution in [3.8, 4) is 11.5 Å². The third-order valence-corrected chi connectivity index (χ3v) is 4.80. The molecule has 11 heteroatoms. The topological polar surface area (TPSA) is 142 Å². The first-order valence-electron chi connectivity index (χ1n) is 10.2. The fourth-order valence-corrected chi connectivity index (χ4v) is 3.38. The number of carbonyl (C=O) groups excluding carboxylic acids is 1. The van der Waals surface area contributed by atoms with Crippen molar-refractivity contribution in [2.45, 2.75) is 13.0 Å². The molecular formula is C24H17FO10. The molecule has 0 bridgehead atoms. The Balaban J connectivity index is 1.58. The van der Waals surface area contributed by atoms with Crippen LogP contribution in [0.4, 0.5) is 4.39 Å². The van der Waals surface area contributed by atoms with E-state index in [1.807, 2.05) is 0 Å². The van der Waals surface area contributed by atoms with E-state index in [0.717, 1.165) is 30.5 Å². The van der Waals surface area contributed by atoms with Gasteiger partial charge in [0.25, 0.3) is 0 Å². The Hall–Kier alpha value is -4.67. The summed E-state index contributed by atoms with van der Waals surface area (Å²) in [5, 5.41) is 9.08. The van der Waals surface area contributed by atoms with Crippen LogP contribution in [-0.2, 0) is 9.53 Å². The minimum absolute atomic E-state index is 0.00581. The molecule has 180 valence electrons. The molecule has 2 heterocycles. The molecule has 0 amide bonds. The summed E-state index contributed by atoms with van der Waals surface area (Å²) in [4.78, 5) is 47.4. The van der Waals surface area contributed by atoms with Crippen LogP contribution in [0, 0.1) is 5.82 Å². The Morgan fingerprint density at radius 1 is 0.971 bits per heavy atom. The number of fused-ring (bicyclic) bond motifs is 2. The van der Waals surface area contributed by atoms with E-state index in [1.54, 1.807) is 0 Å². The van der Waals surface area contributed by atoms with Gasteiger partial charge in [-0.05, 0) is 12.1 Å². The molecule has 0 spiro atoms. The average molecular weight is 483 g/mol. The van der Waals surface area contributed by atoms with Crippen molar-refractivity contribution in [1.82, 2.24) is 0 Å². The Kier molecular flexibility index (Phi) is 6.49. The largest absolute Gasteiger partial charge is 0.489 e. The molecule has 0 saturated carbocycles. The van der Waals surface area contributed by atoms with E-state index in [2.05, 4.69) is 0 Å². The van der Waals surface area contributed by atoms with Crippen molar-refractivity contribution in [3.63, 3.8) is 0 Å². The summed E-state index contributed by atoms with van der Waals surface area (Å²) in [5.74, 6) is -3.35. The Labute approximate surface area is 195 Å². The van der Waals surface area contributed by atoms with Crippen molar-refractivity contribution < 1.29 is 42.1 Å². The fourth-order valence-electron chi connectivity index (χ4n) is 3.38. The molecule has 0 aliphatic carbocycles. The number of carboxylic acid groups (broad SMARTS) is 1. The zero-order chi connectivity index (χ0) is 25.1. The van der Waals surface area contributed by atoms with Crippen LogP contribution < -0.4 is 20.3 Å². The first-order valence-corrected chi connectivity index (χ1v) is 10.2. The SMILES string of the molecule is CC(=O)OC(COc1cc([18F])cc2occc(=O)c12)COc1cccc2oc(C(=O)O)cc(=O)c12. The number of aromatic carboxylic acids is 1. The molecule has 4 rings (SSSR count). The highest BCUT2D eigenvalue weighted by Crippen LogP contribution is 2.26. The number of carboxylic acids is 1. The van der Waals surface area contributed by atoms with Crippen molar-refractivity contribution in [2.24, 2.45) is 0 Å². The van der Waals surface area contributed by atoms with Crippen LogP contribution in [0.15, 0.2) is 67.2 Å². The highest BCUT2D eigenvalue weighted by molar-refractivity contribution is 5.89. The molecule has 35 heavy (non-hydrogen) atoms. The van der Waals surface area contributed by atoms with E-state index >= 15 is 0 Å². The molecule has 0 aliphatic heterocycles. The second kappa shape index (κ2) is 9.67. The van der Waals surface area contributed by atoms with Gasteiger partial charge in [-0.2, -0.15) is 0 Å². The molecule has 0 radical (unpaired) electrons. The fraction of sp³-hybridized carbons (Fsp3) is 0.167. The first kappa shape index (κ1) is 23.5. The lowest BCUT2D eigenvalue weighted by Crippen LogP contribution is -2.30. The van der Waals surface area contributed by atoms with Gasteiger partial charge in [0, 0.05) is 31.2 Å². The maximum atomic E-state index is 14.0. The predicted octanol–water partition coefficient (Wildman–Crippen LogP) is 3.13. The number of hydrogen-bond acceptors (Lipinski definition) is 9. The van der Waals surface area contributed by atoms with E-state index in [-0.39, 0.29) is 46.7 Å². The van der Waals surface area contributed by atoms with E-state index in [1.165, 1.54) is 25.1 Å². The standard InChI is InChI=1S/C24H17FO10/c1-12(26)34-14(11-33-20-8-13(25)7-19-22(20)15(27)5-6-31-19)10-32-17-3-2-4-18-23(17)16(28)9-21(35-18)24(29)30/h2-9,14H,10-11H2,1H3,(H,29,30)/i25-1. The van der Waals surface area contributed by atoms with Gasteiger partial charge in [0.2, 0.25) is 5.76 Å². The van der Waals surface area contributed by atoms with Crippen LogP contribution in [0.1, 0.15) is 17.5 Å². The molecule has 0 saturated heterocycles. The summed E-state index contributed by atoms with van der Waals surface area (Å²) in [5.41, 5.74) is -1.12. The van der Waals surface area contributed by atoms with E-state index in [4.69, 9.17) is 28.2 Å². The average Bonchev–Trinajstić information content (AvgIpc) is 2.79. The normalized spacial score (nSPS) is 11.8. The Bertz CT molecular complexity index is 1550. The molecule has 10 nitrogen and oxygen atoms in total. The quantitative estimate of drug-likeness (QED) is 0.371. The minimum Gasteiger partial charge on any atom is -0.489 e. The van der Waals surface area contributed by atoms with Crippen LogP contribution in [0.5, 0.6) is 11.5 Å². The van der Waals surface area contributed by atoms with Crippen molar-refractivity contribution in [2.75, 3.05) is 13.2 Å². The first-order chi connectivity index (χ1) is 16.7. The molecule has 1 atom stereocenters. The third kappa shape index (κ3) is 5.13. The number of rotatable bonds is 8. The summed E-state index contributed by atoms with van der Waals surface area (Å²) in [6.07, 6.45) is 0.103. The number of ether oxygens (including phenoxy) is 3. The molecule has 0 aliphatic rings. The van der Waals surface area contributed by atoms with E-state index in [9.17, 15) is 23.6 Å². The molecular weight excluding hydrogens is 466 g/mol. The zero-order valence-corrected chi connectivity index (χ0v) is 18.1. The van der Waals surface area contributed by atoms with Gasteiger partial charge in [0.05, 0.1) is 6.26 Å². The summed E-state index contributed by atoms with van der Waals surface area (Å²) in [7, 11) is 0. The van der Waals surface area contributed by atoms with E-state index in [0.29, 0.717) is 0 Å². The molecule has 1 unspecified atom stereocenters. The van der Waals surface area contributed by atoms with Crippen molar-refractivity contribution >= 4 is 33.9 Å². The summed E-state index contributed by atoms with van der Waals surface area (Å²) in [6, 6.07) is 8.37. The Morgan fingerprint density at radius 2 is 1.69 bits per heavy atom. The summed E-state index contributed by atoms with van der Waals surface area (Å²) >= 11 is 0. The van der Waals surface area contributed by atoms with Gasteiger partial charge in [-0.25, -0.2) is 9.18 Å². The molecule has 2 aromatic heterocycles. The second-order valence-electron chi connectivity index (χ2n) is 7.32. The van der Waals surface area contributed by atoms with Gasteiger partial charge >= 0.3 is 11.9 Å². The molecule has 1 N–H and O–H groups in total. The maximum Gasteiger partial charge on any atom is 0.371 e. The summed E-state index contributed by atoms with van der Waals surface area (Å²) in [6.45, 7) is 0.550. The lowest BCUT2D eigenvalue weighted by Gasteiger charge is -2.19. The van der Waals surface area contributed by atoms with Gasteiger partial charge in [0.1, 0.15) is 52.5 Å². The van der Waals surface area contributed by atoms with Gasteiger partial charge in [-0.1, -0.05) is 6.07 Å². The van der Waals surface area contributed by atoms with Gasteiger partial charge < -0.3 is 28.2 Å². The van der Waals surface area contributed by atoms with Crippen LogP contribution in [-0.4, -0.2) is 36.4 Å². The number of carbonyl (C=O) groups is 2. The van der Waals surface area contributed by atoms with Gasteiger partial charge in [-0.15, -0.1) is 0 Å². The monoisotopic (exact) mass is 483 g/mol. The molecule has 4 aromatic rings. The molecule has 2 aromatic carbocycles. The lowest BCUT2D eigenvalue weighted by atomic mass is 10.2. The smallest absolute Gasteiger partial charge is 0.371 e. The van der Waals surface area contributed by atoms with Gasteiger partial charge in [-0.3, -0.25) is 14.4 Å². The summed E-state index contributed by atoms with van der Waals surface area (Å²) < 4.78 is 40.8. The second-order valence-corrected chi connectivity index (χ2v) is 7.32. The highest BCUT2D eigenvalue weighted by atomic mass is 18.2.